The number of primary amides is 1. The van der Waals surface area contributed by atoms with Crippen LogP contribution in [-0.4, -0.2) is 47.0 Å². The first-order valence-electron chi connectivity index (χ1n) is 9.84. The van der Waals surface area contributed by atoms with Gasteiger partial charge in [0.05, 0.1) is 6.04 Å². The Morgan fingerprint density at radius 1 is 1.16 bits per heavy atom. The van der Waals surface area contributed by atoms with Crippen molar-refractivity contribution in [3.63, 3.8) is 0 Å². The SMILES string of the molecule is NC(=O)Oc1cccc2c(N[C@H](CN3CCC3)c3ccc(OC(F)(F)F)cc3)ncnc12. The number of anilines is 1. The van der Waals surface area contributed by atoms with Gasteiger partial charge >= 0.3 is 12.5 Å². The minimum Gasteiger partial charge on any atom is -0.408 e. The van der Waals surface area contributed by atoms with Gasteiger partial charge in [-0.2, -0.15) is 0 Å². The van der Waals surface area contributed by atoms with Gasteiger partial charge in [-0.05, 0) is 49.3 Å². The number of amides is 1. The maximum absolute atomic E-state index is 12.5. The molecule has 2 aromatic carbocycles. The van der Waals surface area contributed by atoms with E-state index in [1.54, 1.807) is 30.3 Å². The summed E-state index contributed by atoms with van der Waals surface area (Å²) in [5, 5.41) is 3.97. The molecule has 11 heteroatoms. The van der Waals surface area contributed by atoms with Crippen molar-refractivity contribution in [3.05, 3.63) is 54.4 Å². The molecule has 0 aliphatic carbocycles. The molecule has 1 aromatic heterocycles. The van der Waals surface area contributed by atoms with E-state index >= 15 is 0 Å². The second-order valence-electron chi connectivity index (χ2n) is 7.26. The Morgan fingerprint density at radius 3 is 2.53 bits per heavy atom. The number of rotatable bonds is 7. The van der Waals surface area contributed by atoms with E-state index in [0.29, 0.717) is 23.3 Å². The fourth-order valence-electron chi connectivity index (χ4n) is 3.49. The normalized spacial score (nSPS) is 15.1. The fraction of sp³-hybridized carbons (Fsp3) is 0.286. The summed E-state index contributed by atoms with van der Waals surface area (Å²) in [4.78, 5) is 21.9. The van der Waals surface area contributed by atoms with E-state index in [1.165, 1.54) is 18.5 Å². The van der Waals surface area contributed by atoms with Crippen LogP contribution in [0.2, 0.25) is 0 Å². The maximum atomic E-state index is 12.5. The molecule has 1 atom stereocenters. The molecule has 8 nitrogen and oxygen atoms in total. The van der Waals surface area contributed by atoms with Crippen LogP contribution in [0, 0.1) is 0 Å². The second kappa shape index (κ2) is 8.87. The van der Waals surface area contributed by atoms with Crippen LogP contribution in [0.5, 0.6) is 11.5 Å². The van der Waals surface area contributed by atoms with Crippen molar-refractivity contribution in [2.24, 2.45) is 5.73 Å². The minimum absolute atomic E-state index is 0.202. The Bertz CT molecular complexity index is 1100. The molecule has 1 amide bonds. The molecule has 1 aliphatic rings. The number of nitrogens with two attached hydrogens (primary N) is 1. The van der Waals surface area contributed by atoms with E-state index in [9.17, 15) is 18.0 Å². The molecular formula is C21H20F3N5O3. The molecule has 4 rings (SSSR count). The molecule has 0 bridgehead atoms. The Kier molecular flexibility index (Phi) is 5.99. The molecule has 0 unspecified atom stereocenters. The molecule has 32 heavy (non-hydrogen) atoms. The monoisotopic (exact) mass is 447 g/mol. The summed E-state index contributed by atoms with van der Waals surface area (Å²) in [6, 6.07) is 10.5. The number of benzene rings is 2. The molecule has 0 saturated carbocycles. The number of carbonyl (C=O) groups is 1. The molecule has 1 fully saturated rings. The van der Waals surface area contributed by atoms with Crippen LogP contribution < -0.4 is 20.5 Å². The van der Waals surface area contributed by atoms with Crippen LogP contribution in [0.15, 0.2) is 48.8 Å². The highest BCUT2D eigenvalue weighted by Crippen LogP contribution is 2.31. The lowest BCUT2D eigenvalue weighted by Gasteiger charge is -2.35. The average Bonchev–Trinajstić information content (AvgIpc) is 2.69. The van der Waals surface area contributed by atoms with Gasteiger partial charge < -0.3 is 25.4 Å². The molecule has 1 saturated heterocycles. The summed E-state index contributed by atoms with van der Waals surface area (Å²) >= 11 is 0. The Balaban J connectivity index is 1.63. The Hall–Kier alpha value is -3.60. The van der Waals surface area contributed by atoms with Crippen LogP contribution >= 0.6 is 0 Å². The van der Waals surface area contributed by atoms with E-state index in [-0.39, 0.29) is 17.5 Å². The molecule has 2 heterocycles. The summed E-state index contributed by atoms with van der Waals surface area (Å²) in [5.41, 5.74) is 6.30. The van der Waals surface area contributed by atoms with Gasteiger partial charge in [-0.25, -0.2) is 14.8 Å². The number of carbonyl (C=O) groups excluding carboxylic acids is 1. The predicted octanol–water partition coefficient (Wildman–Crippen LogP) is 3.84. The van der Waals surface area contributed by atoms with Gasteiger partial charge in [0.25, 0.3) is 0 Å². The molecular weight excluding hydrogens is 427 g/mol. The number of ether oxygens (including phenoxy) is 2. The van der Waals surface area contributed by atoms with E-state index in [1.807, 2.05) is 0 Å². The molecule has 0 spiro atoms. The van der Waals surface area contributed by atoms with E-state index < -0.39 is 12.5 Å². The third kappa shape index (κ3) is 5.17. The highest BCUT2D eigenvalue weighted by atomic mass is 19.4. The number of hydrogen-bond donors (Lipinski definition) is 2. The lowest BCUT2D eigenvalue weighted by molar-refractivity contribution is -0.274. The predicted molar refractivity (Wildman–Crippen MR) is 110 cm³/mol. The lowest BCUT2D eigenvalue weighted by Crippen LogP contribution is -2.41. The smallest absolute Gasteiger partial charge is 0.408 e. The minimum atomic E-state index is -4.75. The van der Waals surface area contributed by atoms with Crippen LogP contribution in [-0.2, 0) is 0 Å². The number of likely N-dealkylation sites (tertiary alicyclic amines) is 1. The quantitative estimate of drug-likeness (QED) is 0.567. The van der Waals surface area contributed by atoms with Gasteiger partial charge in [-0.15, -0.1) is 13.2 Å². The largest absolute Gasteiger partial charge is 0.573 e. The lowest BCUT2D eigenvalue weighted by atomic mass is 10.0. The van der Waals surface area contributed by atoms with Gasteiger partial charge in [0.1, 0.15) is 23.4 Å². The highest BCUT2D eigenvalue weighted by molar-refractivity contribution is 5.94. The van der Waals surface area contributed by atoms with Crippen molar-refractivity contribution in [2.45, 2.75) is 18.8 Å². The van der Waals surface area contributed by atoms with Crippen LogP contribution in [0.4, 0.5) is 23.8 Å². The summed E-state index contributed by atoms with van der Waals surface area (Å²) in [6.07, 6.45) is -3.28. The molecule has 3 aromatic rings. The van der Waals surface area contributed by atoms with Gasteiger partial charge in [0.2, 0.25) is 0 Å². The van der Waals surface area contributed by atoms with Crippen molar-refractivity contribution in [2.75, 3.05) is 25.0 Å². The average molecular weight is 447 g/mol. The molecule has 1 aliphatic heterocycles. The number of alkyl halides is 3. The van der Waals surface area contributed by atoms with Crippen LogP contribution in [0.25, 0.3) is 10.9 Å². The summed E-state index contributed by atoms with van der Waals surface area (Å²) in [6.45, 7) is 2.51. The van der Waals surface area contributed by atoms with Crippen molar-refractivity contribution in [1.82, 2.24) is 14.9 Å². The van der Waals surface area contributed by atoms with Crippen molar-refractivity contribution in [3.8, 4) is 11.5 Å². The Labute approximate surface area is 181 Å². The number of aromatic nitrogens is 2. The van der Waals surface area contributed by atoms with E-state index in [4.69, 9.17) is 10.5 Å². The number of nitrogens with one attached hydrogen (secondary N) is 1. The first kappa shape index (κ1) is 21.6. The second-order valence-corrected chi connectivity index (χ2v) is 7.26. The zero-order valence-corrected chi connectivity index (χ0v) is 16.8. The van der Waals surface area contributed by atoms with Crippen molar-refractivity contribution < 1.29 is 27.4 Å². The van der Waals surface area contributed by atoms with Crippen LogP contribution in [0.3, 0.4) is 0 Å². The first-order chi connectivity index (χ1) is 15.3. The highest BCUT2D eigenvalue weighted by Gasteiger charge is 2.31. The molecule has 0 radical (unpaired) electrons. The zero-order valence-electron chi connectivity index (χ0n) is 16.8. The fourth-order valence-corrected chi connectivity index (χ4v) is 3.49. The van der Waals surface area contributed by atoms with E-state index in [2.05, 4.69) is 24.9 Å². The van der Waals surface area contributed by atoms with Gasteiger partial charge in [0.15, 0.2) is 5.75 Å². The van der Waals surface area contributed by atoms with E-state index in [0.717, 1.165) is 25.1 Å². The summed E-state index contributed by atoms with van der Waals surface area (Å²) in [5.74, 6) is 0.407. The van der Waals surface area contributed by atoms with Crippen molar-refractivity contribution in [1.29, 1.82) is 0 Å². The Morgan fingerprint density at radius 2 is 1.91 bits per heavy atom. The van der Waals surface area contributed by atoms with Crippen LogP contribution in [0.1, 0.15) is 18.0 Å². The molecule has 3 N–H and O–H groups in total. The third-order valence-electron chi connectivity index (χ3n) is 5.05. The number of hydrogen-bond acceptors (Lipinski definition) is 7. The van der Waals surface area contributed by atoms with Gasteiger partial charge in [-0.3, -0.25) is 0 Å². The maximum Gasteiger partial charge on any atom is 0.573 e. The molecule has 168 valence electrons. The third-order valence-corrected chi connectivity index (χ3v) is 5.05. The summed E-state index contributed by atoms with van der Waals surface area (Å²) in [7, 11) is 0. The number of nitrogens with zero attached hydrogens (tertiary/aromatic N) is 3. The number of halogens is 3. The topological polar surface area (TPSA) is 103 Å². The standard InChI is InChI=1S/C21H20F3N5O3/c22-21(23,24)32-14-7-5-13(6-8-14)16(11-29-9-2-10-29)28-19-15-3-1-4-17(31-20(25)30)18(15)26-12-27-19/h1,3-8,12,16H,2,9-11H2,(H2,25,30)(H,26,27,28)/t16-/m1/s1. The van der Waals surface area contributed by atoms with Crippen molar-refractivity contribution >= 4 is 22.8 Å². The number of para-hydroxylation sites is 1. The van der Waals surface area contributed by atoms with Gasteiger partial charge in [-0.1, -0.05) is 18.2 Å². The first-order valence-corrected chi connectivity index (χ1v) is 9.84. The summed E-state index contributed by atoms with van der Waals surface area (Å²) < 4.78 is 46.4. The zero-order chi connectivity index (χ0) is 22.7. The van der Waals surface area contributed by atoms with Gasteiger partial charge in [0, 0.05) is 11.9 Å². The number of fused-ring (bicyclic) bond motifs is 1.